The van der Waals surface area contributed by atoms with Gasteiger partial charge in [0.05, 0.1) is 0 Å². The summed E-state index contributed by atoms with van der Waals surface area (Å²) in [6, 6.07) is 8.92. The molecule has 0 aliphatic rings. The van der Waals surface area contributed by atoms with Crippen LogP contribution >= 0.6 is 11.3 Å². The molecule has 1 heterocycles. The predicted octanol–water partition coefficient (Wildman–Crippen LogP) is 1.28. The van der Waals surface area contributed by atoms with Gasteiger partial charge in [0, 0.05) is 25.5 Å². The first-order chi connectivity index (χ1) is 12.7. The van der Waals surface area contributed by atoms with Crippen molar-refractivity contribution in [3.63, 3.8) is 0 Å². The van der Waals surface area contributed by atoms with E-state index in [-0.39, 0.29) is 19.1 Å². The predicted molar refractivity (Wildman–Crippen MR) is 100 cm³/mol. The minimum absolute atomic E-state index is 0.0148. The highest BCUT2D eigenvalue weighted by Crippen LogP contribution is 2.17. The van der Waals surface area contributed by atoms with E-state index in [0.717, 1.165) is 5.75 Å². The summed E-state index contributed by atoms with van der Waals surface area (Å²) in [5.74, 6) is 1.91. The van der Waals surface area contributed by atoms with E-state index >= 15 is 0 Å². The number of aliphatic hydroxyl groups excluding tert-OH is 1. The van der Waals surface area contributed by atoms with Crippen LogP contribution in [0.25, 0.3) is 0 Å². The van der Waals surface area contributed by atoms with Gasteiger partial charge in [0.25, 0.3) is 5.91 Å². The smallest absolute Gasteiger partial charge is 0.257 e. The summed E-state index contributed by atoms with van der Waals surface area (Å²) >= 11 is 1.55. The zero-order valence-corrected chi connectivity index (χ0v) is 15.5. The fraction of sp³-hybridized carbons (Fsp3) is 0.389. The highest BCUT2D eigenvalue weighted by atomic mass is 32.1. The number of carbonyl (C=O) groups excluding carboxylic acids is 1. The molecule has 26 heavy (non-hydrogen) atoms. The Morgan fingerprint density at radius 2 is 1.85 bits per heavy atom. The van der Waals surface area contributed by atoms with E-state index in [0.29, 0.717) is 31.2 Å². The van der Waals surface area contributed by atoms with Gasteiger partial charge in [0.15, 0.2) is 6.61 Å². The quantitative estimate of drug-likeness (QED) is 0.481. The number of amides is 1. The second kappa shape index (κ2) is 11.3. The summed E-state index contributed by atoms with van der Waals surface area (Å²) < 4.78 is 16.4. The van der Waals surface area contributed by atoms with Crippen LogP contribution in [0, 0.1) is 0 Å². The monoisotopic (exact) mass is 380 g/mol. The van der Waals surface area contributed by atoms with Crippen molar-refractivity contribution in [3.8, 4) is 17.2 Å². The molecule has 0 saturated heterocycles. The molecule has 0 spiro atoms. The number of ether oxygens (including phenoxy) is 3. The fourth-order valence-corrected chi connectivity index (χ4v) is 2.52. The molecule has 0 radical (unpaired) electrons. The van der Waals surface area contributed by atoms with Gasteiger partial charge in [0.2, 0.25) is 0 Å². The van der Waals surface area contributed by atoms with Gasteiger partial charge in [-0.15, -0.1) is 11.3 Å². The third-order valence-corrected chi connectivity index (χ3v) is 4.00. The molecule has 3 N–H and O–H groups in total. The summed E-state index contributed by atoms with van der Waals surface area (Å²) in [5, 5.41) is 19.3. The summed E-state index contributed by atoms with van der Waals surface area (Å²) in [6.07, 6.45) is -0.577. The van der Waals surface area contributed by atoms with Crippen LogP contribution in [0.5, 0.6) is 17.2 Å². The second-order valence-electron chi connectivity index (χ2n) is 5.41. The van der Waals surface area contributed by atoms with E-state index in [1.165, 1.54) is 0 Å². The Bertz CT molecular complexity index is 634. The first-order valence-corrected chi connectivity index (χ1v) is 9.21. The molecule has 0 aliphatic carbocycles. The first-order valence-electron chi connectivity index (χ1n) is 8.27. The van der Waals surface area contributed by atoms with E-state index in [9.17, 15) is 9.90 Å². The molecular weight excluding hydrogens is 356 g/mol. The molecule has 7 nitrogen and oxygen atoms in total. The van der Waals surface area contributed by atoms with Crippen molar-refractivity contribution >= 4 is 17.2 Å². The van der Waals surface area contributed by atoms with Gasteiger partial charge in [-0.3, -0.25) is 4.79 Å². The van der Waals surface area contributed by atoms with Crippen molar-refractivity contribution in [1.82, 2.24) is 10.6 Å². The third-order valence-electron chi connectivity index (χ3n) is 3.34. The van der Waals surface area contributed by atoms with E-state index in [4.69, 9.17) is 14.2 Å². The molecule has 142 valence electrons. The number of likely N-dealkylation sites (N-methyl/N-ethyl adjacent to an activating group) is 1. The lowest BCUT2D eigenvalue weighted by Gasteiger charge is -2.13. The molecule has 0 bridgehead atoms. The van der Waals surface area contributed by atoms with Crippen molar-refractivity contribution < 1.29 is 24.1 Å². The number of rotatable bonds is 12. The Balaban J connectivity index is 1.54. The molecule has 1 atom stereocenters. The highest BCUT2D eigenvalue weighted by molar-refractivity contribution is 7.08. The number of carbonyl (C=O) groups is 1. The number of nitrogens with one attached hydrogen (secondary N) is 2. The fourth-order valence-electron chi connectivity index (χ4n) is 1.95. The molecular formula is C18H24N2O5S. The lowest BCUT2D eigenvalue weighted by Crippen LogP contribution is -2.33. The summed E-state index contributed by atoms with van der Waals surface area (Å²) in [4.78, 5) is 11.1. The number of thiophene rings is 1. The zero-order valence-electron chi connectivity index (χ0n) is 14.6. The van der Waals surface area contributed by atoms with Crippen LogP contribution in [0.3, 0.4) is 0 Å². The molecule has 8 heteroatoms. The average Bonchev–Trinajstić information content (AvgIpc) is 3.18. The maximum atomic E-state index is 11.1. The van der Waals surface area contributed by atoms with Crippen molar-refractivity contribution in [2.75, 3.05) is 40.0 Å². The second-order valence-corrected chi connectivity index (χ2v) is 6.19. The van der Waals surface area contributed by atoms with Gasteiger partial charge in [-0.25, -0.2) is 0 Å². The van der Waals surface area contributed by atoms with Crippen molar-refractivity contribution in [2.45, 2.75) is 6.10 Å². The number of aliphatic hydroxyl groups is 1. The normalized spacial score (nSPS) is 11.6. The van der Waals surface area contributed by atoms with Crippen LogP contribution in [0.4, 0.5) is 0 Å². The summed E-state index contributed by atoms with van der Waals surface area (Å²) in [5.41, 5.74) is 0. The topological polar surface area (TPSA) is 89.1 Å². The SMILES string of the molecule is CNC(=O)COc1ccc(OCCNCC(O)COc2ccsc2)cc1. The van der Waals surface area contributed by atoms with Crippen LogP contribution < -0.4 is 24.8 Å². The van der Waals surface area contributed by atoms with Gasteiger partial charge >= 0.3 is 0 Å². The highest BCUT2D eigenvalue weighted by Gasteiger charge is 2.05. The summed E-state index contributed by atoms with van der Waals surface area (Å²) in [6.45, 7) is 1.74. The number of benzene rings is 1. The van der Waals surface area contributed by atoms with Crippen molar-refractivity contribution in [2.24, 2.45) is 0 Å². The average molecular weight is 380 g/mol. The van der Waals surface area contributed by atoms with E-state index in [2.05, 4.69) is 10.6 Å². The molecule has 0 aliphatic heterocycles. The lowest BCUT2D eigenvalue weighted by molar-refractivity contribution is -0.122. The molecule has 2 rings (SSSR count). The maximum Gasteiger partial charge on any atom is 0.257 e. The first kappa shape index (κ1) is 20.0. The minimum Gasteiger partial charge on any atom is -0.492 e. The minimum atomic E-state index is -0.577. The Morgan fingerprint density at radius 1 is 1.12 bits per heavy atom. The molecule has 2 aromatic rings. The van der Waals surface area contributed by atoms with Crippen molar-refractivity contribution in [1.29, 1.82) is 0 Å². The number of hydrogen-bond acceptors (Lipinski definition) is 7. The van der Waals surface area contributed by atoms with Crippen LogP contribution in [0.2, 0.25) is 0 Å². The van der Waals surface area contributed by atoms with Crippen LogP contribution in [-0.2, 0) is 4.79 Å². The van der Waals surface area contributed by atoms with Gasteiger partial charge in [-0.05, 0) is 35.7 Å². The van der Waals surface area contributed by atoms with Gasteiger partial charge < -0.3 is 30.0 Å². The van der Waals surface area contributed by atoms with Crippen molar-refractivity contribution in [3.05, 3.63) is 41.1 Å². The Hall–Kier alpha value is -2.29. The van der Waals surface area contributed by atoms with Gasteiger partial charge in [-0.1, -0.05) is 0 Å². The van der Waals surface area contributed by atoms with E-state index in [1.54, 1.807) is 42.6 Å². The summed E-state index contributed by atoms with van der Waals surface area (Å²) in [7, 11) is 1.56. The Kier molecular flexibility index (Phi) is 8.74. The Labute approximate surface area is 156 Å². The van der Waals surface area contributed by atoms with Crippen LogP contribution in [0.1, 0.15) is 0 Å². The molecule has 1 unspecified atom stereocenters. The largest absolute Gasteiger partial charge is 0.492 e. The number of hydrogen-bond donors (Lipinski definition) is 3. The maximum absolute atomic E-state index is 11.1. The molecule has 1 aromatic heterocycles. The van der Waals surface area contributed by atoms with Crippen LogP contribution in [0.15, 0.2) is 41.1 Å². The molecule has 0 fully saturated rings. The Morgan fingerprint density at radius 3 is 2.50 bits per heavy atom. The molecule has 0 saturated carbocycles. The standard InChI is InChI=1S/C18H24N2O5S/c1-19-18(22)12-25-16-4-2-15(3-5-16)23-8-7-20-10-14(21)11-24-17-6-9-26-13-17/h2-6,9,13-14,20-21H,7-8,10-12H2,1H3,(H,19,22). The van der Waals surface area contributed by atoms with E-state index in [1.807, 2.05) is 16.8 Å². The third kappa shape index (κ3) is 7.73. The molecule has 1 aromatic carbocycles. The van der Waals surface area contributed by atoms with E-state index < -0.39 is 6.10 Å². The zero-order chi connectivity index (χ0) is 18.6. The van der Waals surface area contributed by atoms with Crippen LogP contribution in [-0.4, -0.2) is 57.1 Å². The van der Waals surface area contributed by atoms with Gasteiger partial charge in [-0.2, -0.15) is 0 Å². The lowest BCUT2D eigenvalue weighted by atomic mass is 10.3. The molecule has 1 amide bonds. The van der Waals surface area contributed by atoms with Gasteiger partial charge in [0.1, 0.15) is 36.6 Å².